The van der Waals surface area contributed by atoms with Gasteiger partial charge in [-0.2, -0.15) is 10.2 Å². The smallest absolute Gasteiger partial charge is 0.140 e. The van der Waals surface area contributed by atoms with E-state index < -0.39 is 0 Å². The van der Waals surface area contributed by atoms with Gasteiger partial charge in [0.25, 0.3) is 0 Å². The van der Waals surface area contributed by atoms with Gasteiger partial charge in [0.2, 0.25) is 0 Å². The SMILES string of the molecule is CN1CN(C2CC(N)C2)c2c1cnc1[nH]c(-c3cnn(C)c3)c(-c3ccc4c(cnn4C)c3)c21. The van der Waals surface area contributed by atoms with Crippen LogP contribution in [-0.2, 0) is 14.1 Å². The van der Waals surface area contributed by atoms with Crippen molar-refractivity contribution in [2.75, 3.05) is 23.5 Å². The third kappa shape index (κ3) is 2.67. The van der Waals surface area contributed by atoms with Crippen LogP contribution in [-0.4, -0.2) is 55.3 Å². The standard InChI is InChI=1S/C25H27N9/c1-31-13-34(18-7-17(26)8-18)24-20(31)11-27-25-22(24)21(23(30-25)16-10-28-32(2)12-16)14-4-5-19-15(6-14)9-29-33(19)3/h4-6,9-12,17-18H,7-8,13,26H2,1-3H3,(H,27,30). The molecule has 9 heteroatoms. The molecule has 1 fully saturated rings. The number of aromatic nitrogens is 6. The Bertz CT molecular complexity index is 1570. The fraction of sp³-hybridized carbons (Fsp3) is 0.320. The summed E-state index contributed by atoms with van der Waals surface area (Å²) >= 11 is 0. The van der Waals surface area contributed by atoms with E-state index in [4.69, 9.17) is 10.7 Å². The van der Waals surface area contributed by atoms with Crippen molar-refractivity contribution in [3.05, 3.63) is 43.0 Å². The lowest BCUT2D eigenvalue weighted by Gasteiger charge is -2.40. The quantitative estimate of drug-likeness (QED) is 0.435. The van der Waals surface area contributed by atoms with Crippen LogP contribution in [0.5, 0.6) is 0 Å². The number of pyridine rings is 1. The Hall–Kier alpha value is -3.85. The van der Waals surface area contributed by atoms with Crippen molar-refractivity contribution in [1.29, 1.82) is 0 Å². The van der Waals surface area contributed by atoms with Crippen molar-refractivity contribution in [2.45, 2.75) is 24.9 Å². The molecule has 4 aromatic heterocycles. The van der Waals surface area contributed by atoms with Gasteiger partial charge in [0.05, 0.1) is 53.2 Å². The van der Waals surface area contributed by atoms with Gasteiger partial charge < -0.3 is 20.5 Å². The zero-order valence-electron chi connectivity index (χ0n) is 19.5. The van der Waals surface area contributed by atoms with E-state index in [-0.39, 0.29) is 0 Å². The van der Waals surface area contributed by atoms with Crippen molar-refractivity contribution in [1.82, 2.24) is 29.5 Å². The van der Waals surface area contributed by atoms with E-state index >= 15 is 0 Å². The van der Waals surface area contributed by atoms with Crippen LogP contribution in [0.15, 0.2) is 43.0 Å². The fourth-order valence-electron chi connectivity index (χ4n) is 5.63. The maximum absolute atomic E-state index is 6.19. The van der Waals surface area contributed by atoms with Crippen LogP contribution in [0, 0.1) is 0 Å². The molecule has 9 nitrogen and oxygen atoms in total. The molecule has 0 bridgehead atoms. The number of nitrogens with one attached hydrogen (secondary N) is 1. The summed E-state index contributed by atoms with van der Waals surface area (Å²) in [4.78, 5) is 13.3. The lowest BCUT2D eigenvalue weighted by molar-refractivity contribution is 0.334. The first-order valence-corrected chi connectivity index (χ1v) is 11.7. The summed E-state index contributed by atoms with van der Waals surface area (Å²) in [6, 6.07) is 7.31. The maximum Gasteiger partial charge on any atom is 0.140 e. The first-order chi connectivity index (χ1) is 16.5. The van der Waals surface area contributed by atoms with Gasteiger partial charge >= 0.3 is 0 Å². The molecule has 5 heterocycles. The Morgan fingerprint density at radius 2 is 1.88 bits per heavy atom. The molecule has 3 N–H and O–H groups in total. The van der Waals surface area contributed by atoms with Crippen LogP contribution >= 0.6 is 0 Å². The molecule has 0 radical (unpaired) electrons. The largest absolute Gasteiger partial charge is 0.354 e. The van der Waals surface area contributed by atoms with Crippen LogP contribution in [0.1, 0.15) is 12.8 Å². The van der Waals surface area contributed by atoms with Crippen molar-refractivity contribution in [3.63, 3.8) is 0 Å². The van der Waals surface area contributed by atoms with Gasteiger partial charge in [0.1, 0.15) is 5.65 Å². The molecular weight excluding hydrogens is 426 g/mol. The van der Waals surface area contributed by atoms with Gasteiger partial charge in [-0.05, 0) is 30.5 Å². The molecular formula is C25H27N9. The van der Waals surface area contributed by atoms with Gasteiger partial charge in [-0.3, -0.25) is 9.36 Å². The maximum atomic E-state index is 6.19. The van der Waals surface area contributed by atoms with Crippen LogP contribution in [0.3, 0.4) is 0 Å². The Kier molecular flexibility index (Phi) is 3.94. The van der Waals surface area contributed by atoms with E-state index in [0.717, 1.165) is 69.5 Å². The average Bonchev–Trinajstić information content (AvgIpc) is 3.56. The summed E-state index contributed by atoms with van der Waals surface area (Å²) in [6.45, 7) is 0.849. The van der Waals surface area contributed by atoms with E-state index in [1.54, 1.807) is 0 Å². The molecule has 1 saturated carbocycles. The molecule has 0 saturated heterocycles. The number of nitrogens with two attached hydrogens (primary N) is 1. The van der Waals surface area contributed by atoms with Crippen molar-refractivity contribution < 1.29 is 0 Å². The van der Waals surface area contributed by atoms with E-state index in [2.05, 4.69) is 50.2 Å². The number of hydrogen-bond donors (Lipinski definition) is 2. The summed E-state index contributed by atoms with van der Waals surface area (Å²) in [5, 5.41) is 11.2. The molecule has 2 aliphatic rings. The van der Waals surface area contributed by atoms with Gasteiger partial charge in [0, 0.05) is 55.9 Å². The number of benzene rings is 1. The minimum atomic E-state index is 0.293. The number of aryl methyl sites for hydroxylation is 2. The van der Waals surface area contributed by atoms with Crippen molar-refractivity contribution in [3.8, 4) is 22.4 Å². The molecule has 1 aromatic carbocycles. The number of aromatic amines is 1. The highest BCUT2D eigenvalue weighted by atomic mass is 15.4. The second-order valence-corrected chi connectivity index (χ2v) is 9.73. The zero-order valence-corrected chi connectivity index (χ0v) is 19.5. The fourth-order valence-corrected chi connectivity index (χ4v) is 5.63. The molecule has 1 aliphatic carbocycles. The van der Waals surface area contributed by atoms with Gasteiger partial charge in [-0.15, -0.1) is 0 Å². The van der Waals surface area contributed by atoms with E-state index in [1.165, 1.54) is 5.69 Å². The minimum Gasteiger partial charge on any atom is -0.354 e. The Morgan fingerprint density at radius 1 is 1.03 bits per heavy atom. The number of anilines is 2. The summed E-state index contributed by atoms with van der Waals surface area (Å²) in [5.41, 5.74) is 15.0. The van der Waals surface area contributed by atoms with Crippen LogP contribution in [0.4, 0.5) is 11.4 Å². The lowest BCUT2D eigenvalue weighted by atomic mass is 9.86. The number of rotatable bonds is 3. The highest BCUT2D eigenvalue weighted by Crippen LogP contribution is 2.49. The van der Waals surface area contributed by atoms with Crippen molar-refractivity contribution in [2.24, 2.45) is 19.8 Å². The van der Waals surface area contributed by atoms with E-state index in [0.29, 0.717) is 12.1 Å². The molecule has 0 amide bonds. The van der Waals surface area contributed by atoms with Crippen LogP contribution in [0.25, 0.3) is 44.3 Å². The topological polar surface area (TPSA) is 96.8 Å². The molecule has 34 heavy (non-hydrogen) atoms. The van der Waals surface area contributed by atoms with Crippen LogP contribution in [0.2, 0.25) is 0 Å². The number of hydrogen-bond acceptors (Lipinski definition) is 6. The molecule has 0 unspecified atom stereocenters. The first kappa shape index (κ1) is 19.6. The number of nitrogens with zero attached hydrogens (tertiary/aromatic N) is 7. The monoisotopic (exact) mass is 453 g/mol. The van der Waals surface area contributed by atoms with E-state index in [9.17, 15) is 0 Å². The molecule has 172 valence electrons. The summed E-state index contributed by atoms with van der Waals surface area (Å²) in [7, 11) is 6.06. The van der Waals surface area contributed by atoms with E-state index in [1.807, 2.05) is 48.2 Å². The Labute approximate surface area is 196 Å². The third-order valence-corrected chi connectivity index (χ3v) is 7.46. The lowest BCUT2D eigenvalue weighted by Crippen LogP contribution is -2.51. The van der Waals surface area contributed by atoms with Gasteiger partial charge in [0.15, 0.2) is 0 Å². The van der Waals surface area contributed by atoms with Gasteiger partial charge in [-0.25, -0.2) is 4.98 Å². The van der Waals surface area contributed by atoms with Crippen molar-refractivity contribution >= 4 is 33.3 Å². The highest BCUT2D eigenvalue weighted by Gasteiger charge is 2.39. The molecule has 0 atom stereocenters. The summed E-state index contributed by atoms with van der Waals surface area (Å²) in [6.07, 6.45) is 9.92. The minimum absolute atomic E-state index is 0.293. The molecule has 5 aromatic rings. The van der Waals surface area contributed by atoms with Gasteiger partial charge in [-0.1, -0.05) is 6.07 Å². The normalized spacial score (nSPS) is 19.9. The van der Waals surface area contributed by atoms with Crippen LogP contribution < -0.4 is 15.5 Å². The summed E-state index contributed by atoms with van der Waals surface area (Å²) in [5.74, 6) is 0. The molecule has 1 aliphatic heterocycles. The second kappa shape index (κ2) is 6.83. The Balaban J connectivity index is 1.53. The zero-order chi connectivity index (χ0) is 23.1. The predicted molar refractivity (Wildman–Crippen MR) is 135 cm³/mol. The number of H-pyrrole nitrogens is 1. The number of fused-ring (bicyclic) bond motifs is 4. The second-order valence-electron chi connectivity index (χ2n) is 9.73. The summed E-state index contributed by atoms with van der Waals surface area (Å²) < 4.78 is 3.74. The Morgan fingerprint density at radius 3 is 2.65 bits per heavy atom. The molecule has 0 spiro atoms. The first-order valence-electron chi connectivity index (χ1n) is 11.7. The third-order valence-electron chi connectivity index (χ3n) is 7.46. The predicted octanol–water partition coefficient (Wildman–Crippen LogP) is 3.22. The molecule has 7 rings (SSSR count). The highest BCUT2D eigenvalue weighted by molar-refractivity contribution is 6.13. The average molecular weight is 454 g/mol.